The summed E-state index contributed by atoms with van der Waals surface area (Å²) in [7, 11) is 2.19. The first-order valence-electron chi connectivity index (χ1n) is 13.2. The molecule has 0 saturated carbocycles. The summed E-state index contributed by atoms with van der Waals surface area (Å²) in [5.41, 5.74) is 3.10. The molecule has 0 spiro atoms. The lowest BCUT2D eigenvalue weighted by Crippen LogP contribution is -2.32. The predicted molar refractivity (Wildman–Crippen MR) is 157 cm³/mol. The number of piperidine rings is 1. The molecule has 37 heavy (non-hydrogen) atoms. The second kappa shape index (κ2) is 14.1. The first-order valence-corrected chi connectivity index (χ1v) is 14.0. The normalized spacial score (nSPS) is 15.7. The molecular formula is C32H41N3OS. The molecule has 1 aliphatic heterocycles. The van der Waals surface area contributed by atoms with Crippen LogP contribution in [-0.4, -0.2) is 31.6 Å². The quantitative estimate of drug-likeness (QED) is 0.308. The average Bonchev–Trinajstić information content (AvgIpc) is 2.93. The van der Waals surface area contributed by atoms with Crippen molar-refractivity contribution in [1.82, 2.24) is 4.90 Å². The number of nitrogens with zero attached hydrogens (tertiary/aromatic N) is 2. The van der Waals surface area contributed by atoms with Crippen LogP contribution in [0.25, 0.3) is 0 Å². The number of anilines is 1. The molecule has 1 aliphatic rings. The molecule has 196 valence electrons. The third-order valence-electron chi connectivity index (χ3n) is 7.23. The van der Waals surface area contributed by atoms with E-state index >= 15 is 0 Å². The van der Waals surface area contributed by atoms with Gasteiger partial charge in [0.15, 0.2) is 0 Å². The van der Waals surface area contributed by atoms with Crippen LogP contribution in [0.4, 0.5) is 5.69 Å². The number of hydrogen-bond donors (Lipinski definition) is 1. The largest absolute Gasteiger partial charge is 0.493 e. The zero-order valence-corrected chi connectivity index (χ0v) is 23.7. The van der Waals surface area contributed by atoms with Gasteiger partial charge >= 0.3 is 0 Å². The second-order valence-corrected chi connectivity index (χ2v) is 11.3. The minimum Gasteiger partial charge on any atom is -0.493 e. The van der Waals surface area contributed by atoms with E-state index in [1.807, 2.05) is 49.4 Å². The van der Waals surface area contributed by atoms with E-state index in [0.717, 1.165) is 23.6 Å². The Bertz CT molecular complexity index is 1120. The van der Waals surface area contributed by atoms with E-state index in [0.29, 0.717) is 11.8 Å². The predicted octanol–water partition coefficient (Wildman–Crippen LogP) is 7.96. The second-order valence-electron chi connectivity index (χ2n) is 10.4. The van der Waals surface area contributed by atoms with Gasteiger partial charge < -0.3 is 14.4 Å². The molecule has 4 nitrogen and oxygen atoms in total. The standard InChI is InChI=1S/C20H26N2OS.C12H15N/c1-16-6-8-20(9-7-16)24-21-18-4-3-5-19(14-18)23-15-17-10-12-22(2)13-11-17;1-10(2)12(3,9-13)11-7-5-4-6-8-11/h3-9,14,17,21H,10-13,15H2,1-2H3;4-8,10H,1-3H3. The zero-order valence-electron chi connectivity index (χ0n) is 22.9. The molecule has 1 saturated heterocycles. The number of hydrogen-bond acceptors (Lipinski definition) is 5. The third-order valence-corrected chi connectivity index (χ3v) is 8.07. The maximum atomic E-state index is 9.16. The minimum atomic E-state index is -0.360. The highest BCUT2D eigenvalue weighted by Gasteiger charge is 2.29. The van der Waals surface area contributed by atoms with Gasteiger partial charge in [0.2, 0.25) is 0 Å². The molecule has 1 heterocycles. The Morgan fingerprint density at radius 2 is 1.70 bits per heavy atom. The Morgan fingerprint density at radius 1 is 1.03 bits per heavy atom. The van der Waals surface area contributed by atoms with Gasteiger partial charge in [-0.05, 0) is 100 Å². The summed E-state index contributed by atoms with van der Waals surface area (Å²) in [5.74, 6) is 1.96. The Hall–Kier alpha value is -2.94. The molecule has 0 aromatic heterocycles. The minimum absolute atomic E-state index is 0.333. The number of likely N-dealkylation sites (tertiary alicyclic amines) is 1. The molecule has 1 atom stereocenters. The van der Waals surface area contributed by atoms with Crippen LogP contribution in [0.3, 0.4) is 0 Å². The van der Waals surface area contributed by atoms with Gasteiger partial charge in [0, 0.05) is 16.6 Å². The molecule has 3 aromatic carbocycles. The van der Waals surface area contributed by atoms with Crippen molar-refractivity contribution in [1.29, 1.82) is 5.26 Å². The molecule has 0 bridgehead atoms. The van der Waals surface area contributed by atoms with Crippen molar-refractivity contribution < 1.29 is 4.74 Å². The monoisotopic (exact) mass is 515 g/mol. The molecule has 0 radical (unpaired) electrons. The number of aryl methyl sites for hydroxylation is 1. The summed E-state index contributed by atoms with van der Waals surface area (Å²) in [5, 5.41) is 9.16. The van der Waals surface area contributed by atoms with Gasteiger partial charge in [-0.3, -0.25) is 0 Å². The van der Waals surface area contributed by atoms with Crippen molar-refractivity contribution in [3.05, 3.63) is 90.0 Å². The molecule has 4 rings (SSSR count). The van der Waals surface area contributed by atoms with E-state index in [9.17, 15) is 0 Å². The van der Waals surface area contributed by atoms with Crippen molar-refractivity contribution in [2.45, 2.75) is 50.8 Å². The van der Waals surface area contributed by atoms with E-state index in [-0.39, 0.29) is 5.41 Å². The molecule has 3 aromatic rings. The lowest BCUT2D eigenvalue weighted by Gasteiger charge is -2.28. The van der Waals surface area contributed by atoms with E-state index in [2.05, 4.69) is 79.9 Å². The Kier molecular flexibility index (Phi) is 10.9. The van der Waals surface area contributed by atoms with E-state index in [1.165, 1.54) is 36.4 Å². The Morgan fingerprint density at radius 3 is 2.32 bits per heavy atom. The topological polar surface area (TPSA) is 48.3 Å². The highest BCUT2D eigenvalue weighted by molar-refractivity contribution is 8.00. The first-order chi connectivity index (χ1) is 17.8. The SMILES string of the molecule is CC(C)C(C)(C#N)c1ccccc1.Cc1ccc(SNc2cccc(OCC3CCN(C)CC3)c2)cc1. The summed E-state index contributed by atoms with van der Waals surface area (Å²) in [6.07, 6.45) is 2.47. The molecule has 1 unspecified atom stereocenters. The van der Waals surface area contributed by atoms with Gasteiger partial charge in [-0.1, -0.05) is 67.9 Å². The summed E-state index contributed by atoms with van der Waals surface area (Å²) in [6.45, 7) is 11.4. The van der Waals surface area contributed by atoms with Gasteiger partial charge in [-0.2, -0.15) is 5.26 Å². The highest BCUT2D eigenvalue weighted by atomic mass is 32.2. The van der Waals surface area contributed by atoms with Gasteiger partial charge in [-0.25, -0.2) is 0 Å². The van der Waals surface area contributed by atoms with Gasteiger partial charge in [0.25, 0.3) is 0 Å². The van der Waals surface area contributed by atoms with E-state index in [1.54, 1.807) is 11.9 Å². The van der Waals surface area contributed by atoms with Crippen LogP contribution < -0.4 is 9.46 Å². The van der Waals surface area contributed by atoms with Crippen molar-refractivity contribution >= 4 is 17.6 Å². The number of rotatable bonds is 8. The van der Waals surface area contributed by atoms with Crippen LogP contribution in [0, 0.1) is 30.1 Å². The zero-order chi connectivity index (χ0) is 26.7. The summed E-state index contributed by atoms with van der Waals surface area (Å²) in [4.78, 5) is 3.60. The fourth-order valence-electron chi connectivity index (χ4n) is 4.13. The molecule has 1 fully saturated rings. The van der Waals surface area contributed by atoms with Gasteiger partial charge in [-0.15, -0.1) is 0 Å². The van der Waals surface area contributed by atoms with Crippen molar-refractivity contribution in [2.24, 2.45) is 11.8 Å². The number of ether oxygens (including phenoxy) is 1. The van der Waals surface area contributed by atoms with Crippen LogP contribution in [-0.2, 0) is 5.41 Å². The number of nitrogens with one attached hydrogen (secondary N) is 1. The lowest BCUT2D eigenvalue weighted by atomic mass is 9.75. The Labute approximate surface area is 228 Å². The molecule has 1 N–H and O–H groups in total. The Balaban J connectivity index is 0.000000248. The molecular weight excluding hydrogens is 474 g/mol. The highest BCUT2D eigenvalue weighted by Crippen LogP contribution is 2.30. The number of nitriles is 1. The van der Waals surface area contributed by atoms with Crippen LogP contribution in [0.15, 0.2) is 83.8 Å². The molecule has 0 aliphatic carbocycles. The number of benzene rings is 3. The van der Waals surface area contributed by atoms with Crippen molar-refractivity contribution in [2.75, 3.05) is 31.5 Å². The van der Waals surface area contributed by atoms with E-state index in [4.69, 9.17) is 10.00 Å². The first kappa shape index (κ1) is 28.6. The van der Waals surface area contributed by atoms with Crippen molar-refractivity contribution in [3.8, 4) is 11.8 Å². The average molecular weight is 516 g/mol. The third kappa shape index (κ3) is 8.84. The van der Waals surface area contributed by atoms with Crippen LogP contribution in [0.1, 0.15) is 44.7 Å². The lowest BCUT2D eigenvalue weighted by molar-refractivity contribution is 0.160. The summed E-state index contributed by atoms with van der Waals surface area (Å²) in [6, 6.07) is 29.1. The maximum Gasteiger partial charge on any atom is 0.121 e. The van der Waals surface area contributed by atoms with Crippen LogP contribution in [0.5, 0.6) is 5.75 Å². The van der Waals surface area contributed by atoms with Crippen LogP contribution >= 0.6 is 11.9 Å². The van der Waals surface area contributed by atoms with Gasteiger partial charge in [0.05, 0.1) is 18.1 Å². The smallest absolute Gasteiger partial charge is 0.121 e. The van der Waals surface area contributed by atoms with Crippen LogP contribution in [0.2, 0.25) is 0 Å². The summed E-state index contributed by atoms with van der Waals surface area (Å²) >= 11 is 1.63. The summed E-state index contributed by atoms with van der Waals surface area (Å²) < 4.78 is 9.42. The van der Waals surface area contributed by atoms with E-state index < -0.39 is 0 Å². The fourth-order valence-corrected chi connectivity index (χ4v) is 4.76. The van der Waals surface area contributed by atoms with Crippen molar-refractivity contribution in [3.63, 3.8) is 0 Å². The maximum absolute atomic E-state index is 9.16. The molecule has 5 heteroatoms. The molecule has 0 amide bonds. The fraction of sp³-hybridized carbons (Fsp3) is 0.406. The van der Waals surface area contributed by atoms with Gasteiger partial charge in [0.1, 0.15) is 5.75 Å².